The lowest BCUT2D eigenvalue weighted by Crippen LogP contribution is -2.28. The van der Waals surface area contributed by atoms with E-state index in [0.29, 0.717) is 26.0 Å². The number of carbonyl (C=O) groups excluding carboxylic acids is 1. The largest absolute Gasteiger partial charge is 0.504 e. The standard InChI is InChI=1S/C26H23IN2O3S/c1-4-32-22-14-18(13-21(27)24(22)30)15-23-25(31)29(20-11-7-17(3)8-12-20)26(33-23)28-19-9-5-16(2)6-10-19/h5-15,30H,4H2,1-3H3/b23-15-,28-26?. The van der Waals surface area contributed by atoms with Crippen molar-refractivity contribution in [1.29, 1.82) is 0 Å². The molecule has 0 unspecified atom stereocenters. The van der Waals surface area contributed by atoms with Crippen LogP contribution in [0.15, 0.2) is 70.6 Å². The minimum absolute atomic E-state index is 0.105. The van der Waals surface area contributed by atoms with E-state index in [-0.39, 0.29) is 11.7 Å². The van der Waals surface area contributed by atoms with Gasteiger partial charge in [-0.25, -0.2) is 4.99 Å². The number of phenols is 1. The van der Waals surface area contributed by atoms with E-state index in [2.05, 4.69) is 22.6 Å². The summed E-state index contributed by atoms with van der Waals surface area (Å²) >= 11 is 3.39. The Bertz CT molecular complexity index is 1250. The van der Waals surface area contributed by atoms with Crippen molar-refractivity contribution in [2.45, 2.75) is 20.8 Å². The lowest BCUT2D eigenvalue weighted by atomic mass is 10.1. The van der Waals surface area contributed by atoms with Crippen LogP contribution in [-0.2, 0) is 4.79 Å². The van der Waals surface area contributed by atoms with Gasteiger partial charge in [0.15, 0.2) is 16.7 Å². The second kappa shape index (κ2) is 10.0. The van der Waals surface area contributed by atoms with Crippen LogP contribution in [0.4, 0.5) is 11.4 Å². The number of carbonyl (C=O) groups is 1. The number of benzene rings is 3. The average Bonchev–Trinajstić information content (AvgIpc) is 3.08. The van der Waals surface area contributed by atoms with E-state index in [9.17, 15) is 9.90 Å². The third-order valence-corrected chi connectivity index (χ3v) is 6.80. The number of hydrogen-bond acceptors (Lipinski definition) is 5. The van der Waals surface area contributed by atoms with Crippen molar-refractivity contribution >= 4 is 62.9 Å². The van der Waals surface area contributed by atoms with Crippen LogP contribution in [0.2, 0.25) is 0 Å². The van der Waals surface area contributed by atoms with E-state index in [1.165, 1.54) is 11.8 Å². The second-order valence-electron chi connectivity index (χ2n) is 7.60. The van der Waals surface area contributed by atoms with Gasteiger partial charge in [0, 0.05) is 0 Å². The fraction of sp³-hybridized carbons (Fsp3) is 0.154. The highest BCUT2D eigenvalue weighted by Gasteiger charge is 2.34. The molecule has 0 spiro atoms. The number of hydrogen-bond donors (Lipinski definition) is 1. The first kappa shape index (κ1) is 23.4. The summed E-state index contributed by atoms with van der Waals surface area (Å²) in [5.41, 5.74) is 4.59. The molecule has 1 N–H and O–H groups in total. The molecule has 7 heteroatoms. The van der Waals surface area contributed by atoms with Crippen LogP contribution in [0.1, 0.15) is 23.6 Å². The minimum atomic E-state index is -0.143. The molecule has 3 aromatic carbocycles. The van der Waals surface area contributed by atoms with Crippen molar-refractivity contribution < 1.29 is 14.6 Å². The van der Waals surface area contributed by atoms with Crippen molar-refractivity contribution in [2.24, 2.45) is 4.99 Å². The molecule has 168 valence electrons. The molecule has 1 aliphatic rings. The summed E-state index contributed by atoms with van der Waals surface area (Å²) in [7, 11) is 0. The van der Waals surface area contributed by atoms with Gasteiger partial charge in [0.1, 0.15) is 0 Å². The van der Waals surface area contributed by atoms with E-state index in [1.807, 2.05) is 81.4 Å². The third kappa shape index (κ3) is 5.25. The number of nitrogens with zero attached hydrogens (tertiary/aromatic N) is 2. The predicted molar refractivity (Wildman–Crippen MR) is 144 cm³/mol. The topological polar surface area (TPSA) is 62.1 Å². The molecule has 1 fully saturated rings. The van der Waals surface area contributed by atoms with Crippen LogP contribution in [0, 0.1) is 17.4 Å². The van der Waals surface area contributed by atoms with E-state index in [0.717, 1.165) is 28.1 Å². The molecule has 0 atom stereocenters. The van der Waals surface area contributed by atoms with E-state index < -0.39 is 0 Å². The SMILES string of the molecule is CCOc1cc(/C=C2\SC(=Nc3ccc(C)cc3)N(c3ccc(C)cc3)C2=O)cc(I)c1O. The summed E-state index contributed by atoms with van der Waals surface area (Å²) in [4.78, 5) is 20.5. The number of aryl methyl sites for hydroxylation is 2. The van der Waals surface area contributed by atoms with Crippen molar-refractivity contribution in [3.63, 3.8) is 0 Å². The molecular formula is C26H23IN2O3S. The highest BCUT2D eigenvalue weighted by Crippen LogP contribution is 2.39. The molecule has 3 aromatic rings. The Morgan fingerprint density at radius 1 is 1.06 bits per heavy atom. The fourth-order valence-corrected chi connectivity index (χ4v) is 4.92. The highest BCUT2D eigenvalue weighted by molar-refractivity contribution is 14.1. The molecule has 1 aliphatic heterocycles. The number of anilines is 1. The number of halogens is 1. The number of phenolic OH excluding ortho intramolecular Hbond substituents is 1. The number of ether oxygens (including phenoxy) is 1. The molecule has 0 bridgehead atoms. The van der Waals surface area contributed by atoms with Crippen LogP contribution in [0.3, 0.4) is 0 Å². The summed E-state index contributed by atoms with van der Waals surface area (Å²) in [6.07, 6.45) is 1.82. The lowest BCUT2D eigenvalue weighted by Gasteiger charge is -2.16. The maximum atomic E-state index is 13.5. The summed E-state index contributed by atoms with van der Waals surface area (Å²) in [6.45, 7) is 6.34. The van der Waals surface area contributed by atoms with E-state index in [1.54, 1.807) is 11.0 Å². The summed E-state index contributed by atoms with van der Waals surface area (Å²) in [5, 5.41) is 10.8. The van der Waals surface area contributed by atoms with Crippen LogP contribution >= 0.6 is 34.4 Å². The monoisotopic (exact) mass is 570 g/mol. The van der Waals surface area contributed by atoms with Crippen LogP contribution in [0.25, 0.3) is 6.08 Å². The number of thioether (sulfide) groups is 1. The Kier molecular flexibility index (Phi) is 7.09. The number of amidine groups is 1. The Labute approximate surface area is 211 Å². The summed E-state index contributed by atoms with van der Waals surface area (Å²) < 4.78 is 6.21. The van der Waals surface area contributed by atoms with Crippen molar-refractivity contribution in [1.82, 2.24) is 0 Å². The zero-order valence-corrected chi connectivity index (χ0v) is 21.5. The average molecular weight is 570 g/mol. The zero-order valence-electron chi connectivity index (χ0n) is 18.5. The quantitative estimate of drug-likeness (QED) is 0.270. The Balaban J connectivity index is 1.77. The number of aromatic hydroxyl groups is 1. The van der Waals surface area contributed by atoms with Crippen LogP contribution < -0.4 is 9.64 Å². The van der Waals surface area contributed by atoms with Crippen LogP contribution in [0.5, 0.6) is 11.5 Å². The van der Waals surface area contributed by atoms with E-state index >= 15 is 0 Å². The summed E-state index contributed by atoms with van der Waals surface area (Å²) in [6, 6.07) is 19.3. The molecule has 1 amide bonds. The zero-order chi connectivity index (χ0) is 23.5. The molecule has 1 heterocycles. The van der Waals surface area contributed by atoms with Crippen molar-refractivity contribution in [3.05, 3.63) is 85.8 Å². The number of amides is 1. The third-order valence-electron chi connectivity index (χ3n) is 5.01. The van der Waals surface area contributed by atoms with Gasteiger partial charge in [-0.05, 0) is 103 Å². The molecule has 1 saturated heterocycles. The van der Waals surface area contributed by atoms with Crippen LogP contribution in [-0.4, -0.2) is 22.8 Å². The van der Waals surface area contributed by atoms with Gasteiger partial charge >= 0.3 is 0 Å². The molecule has 33 heavy (non-hydrogen) atoms. The summed E-state index contributed by atoms with van der Waals surface area (Å²) in [5.74, 6) is 0.360. The van der Waals surface area contributed by atoms with Gasteiger partial charge in [0.2, 0.25) is 0 Å². The minimum Gasteiger partial charge on any atom is -0.504 e. The highest BCUT2D eigenvalue weighted by atomic mass is 127. The number of aliphatic imine (C=N–C) groups is 1. The maximum Gasteiger partial charge on any atom is 0.271 e. The Hall–Kier alpha value is -2.78. The molecule has 5 nitrogen and oxygen atoms in total. The molecule has 0 radical (unpaired) electrons. The van der Waals surface area contributed by atoms with Gasteiger partial charge in [0.25, 0.3) is 5.91 Å². The first-order chi connectivity index (χ1) is 15.9. The Morgan fingerprint density at radius 3 is 2.33 bits per heavy atom. The number of rotatable bonds is 5. The second-order valence-corrected chi connectivity index (χ2v) is 9.77. The molecular weight excluding hydrogens is 547 g/mol. The first-order valence-corrected chi connectivity index (χ1v) is 12.4. The van der Waals surface area contributed by atoms with Gasteiger partial charge in [-0.2, -0.15) is 0 Å². The molecule has 0 aromatic heterocycles. The predicted octanol–water partition coefficient (Wildman–Crippen LogP) is 6.82. The molecule has 0 saturated carbocycles. The maximum absolute atomic E-state index is 13.5. The Morgan fingerprint density at radius 2 is 1.70 bits per heavy atom. The van der Waals surface area contributed by atoms with Gasteiger partial charge in [-0.15, -0.1) is 0 Å². The smallest absolute Gasteiger partial charge is 0.271 e. The van der Waals surface area contributed by atoms with Gasteiger partial charge < -0.3 is 9.84 Å². The van der Waals surface area contributed by atoms with Crippen molar-refractivity contribution in [2.75, 3.05) is 11.5 Å². The molecule has 0 aliphatic carbocycles. The first-order valence-electron chi connectivity index (χ1n) is 10.5. The van der Waals surface area contributed by atoms with Gasteiger partial charge in [-0.1, -0.05) is 35.4 Å². The lowest BCUT2D eigenvalue weighted by molar-refractivity contribution is -0.113. The van der Waals surface area contributed by atoms with Gasteiger partial charge in [-0.3, -0.25) is 9.69 Å². The van der Waals surface area contributed by atoms with E-state index in [4.69, 9.17) is 9.73 Å². The fourth-order valence-electron chi connectivity index (χ4n) is 3.29. The normalized spacial score (nSPS) is 16.1. The van der Waals surface area contributed by atoms with Gasteiger partial charge in [0.05, 0.1) is 26.5 Å². The van der Waals surface area contributed by atoms with Crippen molar-refractivity contribution in [3.8, 4) is 11.5 Å². The molecule has 4 rings (SSSR count).